The minimum atomic E-state index is -0.743. The molecular formula is C9H20B2O4. The molecule has 1 N–H and O–H groups in total. The van der Waals surface area contributed by atoms with Crippen molar-refractivity contribution in [1.82, 2.24) is 0 Å². The molecule has 1 fully saturated rings. The molecule has 1 rings (SSSR count). The molecule has 0 aromatic heterocycles. The molecule has 0 aromatic rings. The second kappa shape index (κ2) is 4.09. The van der Waals surface area contributed by atoms with Crippen LogP contribution in [0.1, 0.15) is 27.7 Å². The molecule has 0 aliphatic carbocycles. The predicted octanol–water partition coefficient (Wildman–Crippen LogP) is 1.20. The highest BCUT2D eigenvalue weighted by Gasteiger charge is 2.58. The zero-order valence-electron chi connectivity index (χ0n) is 10.4. The van der Waals surface area contributed by atoms with Gasteiger partial charge in [-0.15, -0.1) is 0 Å². The molecule has 2 unspecified atom stereocenters. The Bertz CT molecular complexity index is 232. The van der Waals surface area contributed by atoms with Gasteiger partial charge in [-0.2, -0.15) is 0 Å². The van der Waals surface area contributed by atoms with Gasteiger partial charge in [0.05, 0.1) is 11.7 Å². The number of rotatable bonds is 3. The summed E-state index contributed by atoms with van der Waals surface area (Å²) in [7, 11) is -0.695. The first kappa shape index (κ1) is 13.0. The van der Waals surface area contributed by atoms with Crippen molar-refractivity contribution in [2.24, 2.45) is 0 Å². The fraction of sp³-hybridized carbons (Fsp3) is 1.00. The maximum Gasteiger partial charge on any atom is 0.624 e. The quantitative estimate of drug-likeness (QED) is 0.717. The Kier molecular flexibility index (Phi) is 3.55. The summed E-state index contributed by atoms with van der Waals surface area (Å²) in [6.07, 6.45) is -0.617. The smallest absolute Gasteiger partial charge is 0.449 e. The second-order valence-electron chi connectivity index (χ2n) is 5.00. The Morgan fingerprint density at radius 3 is 2.13 bits per heavy atom. The van der Waals surface area contributed by atoms with Crippen molar-refractivity contribution in [3.8, 4) is 0 Å². The van der Waals surface area contributed by atoms with Gasteiger partial charge in [-0.3, -0.25) is 0 Å². The maximum absolute atomic E-state index is 9.74. The van der Waals surface area contributed by atoms with Gasteiger partial charge in [0, 0.05) is 0 Å². The number of hydrogen-bond acceptors (Lipinski definition) is 4. The molecule has 15 heavy (non-hydrogen) atoms. The molecule has 0 amide bonds. The lowest BCUT2D eigenvalue weighted by Crippen LogP contribution is -2.52. The molecule has 0 radical (unpaired) electrons. The summed E-state index contributed by atoms with van der Waals surface area (Å²) in [6.45, 7) is 11.2. The van der Waals surface area contributed by atoms with E-state index in [2.05, 4.69) is 0 Å². The fourth-order valence-corrected chi connectivity index (χ4v) is 1.60. The van der Waals surface area contributed by atoms with Gasteiger partial charge in [0.1, 0.15) is 5.60 Å². The molecule has 4 nitrogen and oxygen atoms in total. The molecule has 6 heteroatoms. The van der Waals surface area contributed by atoms with Crippen molar-refractivity contribution >= 4 is 14.2 Å². The number of aliphatic hydroxyl groups is 1. The van der Waals surface area contributed by atoms with Gasteiger partial charge in [-0.25, -0.2) is 0 Å². The topological polar surface area (TPSA) is 47.9 Å². The SMILES string of the molecule is CB(C)OB1OC(C)(C)C(C)(C(C)O)O1. The largest absolute Gasteiger partial charge is 0.624 e. The van der Waals surface area contributed by atoms with Crippen molar-refractivity contribution in [1.29, 1.82) is 0 Å². The average Bonchev–Trinajstić information content (AvgIpc) is 2.21. The lowest BCUT2D eigenvalue weighted by Gasteiger charge is -2.38. The normalized spacial score (nSPS) is 31.8. The van der Waals surface area contributed by atoms with Crippen LogP contribution in [0.4, 0.5) is 0 Å². The second-order valence-corrected chi connectivity index (χ2v) is 5.00. The van der Waals surface area contributed by atoms with E-state index in [0.29, 0.717) is 0 Å². The molecule has 1 saturated heterocycles. The Morgan fingerprint density at radius 1 is 1.27 bits per heavy atom. The first-order valence-electron chi connectivity index (χ1n) is 5.38. The zero-order valence-corrected chi connectivity index (χ0v) is 10.4. The van der Waals surface area contributed by atoms with E-state index in [4.69, 9.17) is 13.9 Å². The van der Waals surface area contributed by atoms with E-state index in [-0.39, 0.29) is 6.92 Å². The maximum atomic E-state index is 9.74. The van der Waals surface area contributed by atoms with Crippen molar-refractivity contribution in [2.75, 3.05) is 0 Å². The van der Waals surface area contributed by atoms with Gasteiger partial charge in [0.15, 0.2) is 0 Å². The minimum Gasteiger partial charge on any atom is -0.449 e. The van der Waals surface area contributed by atoms with Crippen molar-refractivity contribution < 1.29 is 19.0 Å². The van der Waals surface area contributed by atoms with E-state index in [1.807, 2.05) is 34.4 Å². The van der Waals surface area contributed by atoms with Crippen LogP contribution >= 0.6 is 0 Å². The van der Waals surface area contributed by atoms with E-state index in [1.54, 1.807) is 6.92 Å². The van der Waals surface area contributed by atoms with E-state index in [1.165, 1.54) is 0 Å². The lowest BCUT2D eigenvalue weighted by atomic mass is 9.73. The van der Waals surface area contributed by atoms with Crippen LogP contribution < -0.4 is 0 Å². The summed E-state index contributed by atoms with van der Waals surface area (Å²) in [6, 6.07) is 0. The molecule has 0 aromatic carbocycles. The first-order valence-corrected chi connectivity index (χ1v) is 5.38. The van der Waals surface area contributed by atoms with Gasteiger partial charge in [-0.05, 0) is 27.7 Å². The van der Waals surface area contributed by atoms with E-state index >= 15 is 0 Å². The zero-order chi connectivity index (χ0) is 11.9. The standard InChI is InChI=1S/C9H20B2O4/c1-7(12)9(4)8(2,3)13-11(14-9)15-10(5)6/h7,12H,1-6H3. The monoisotopic (exact) mass is 214 g/mol. The van der Waals surface area contributed by atoms with Crippen LogP contribution in [0.25, 0.3) is 0 Å². The van der Waals surface area contributed by atoms with Crippen LogP contribution in [0.2, 0.25) is 13.6 Å². The summed E-state index contributed by atoms with van der Waals surface area (Å²) in [5.41, 5.74) is -1.31. The molecule has 1 aliphatic rings. The van der Waals surface area contributed by atoms with Crippen LogP contribution in [0.3, 0.4) is 0 Å². The third-order valence-corrected chi connectivity index (χ3v) is 3.11. The molecule has 0 saturated carbocycles. The molecule has 1 aliphatic heterocycles. The molecule has 0 spiro atoms. The summed E-state index contributed by atoms with van der Waals surface area (Å²) >= 11 is 0. The van der Waals surface area contributed by atoms with Crippen LogP contribution in [-0.2, 0) is 13.9 Å². The van der Waals surface area contributed by atoms with E-state index in [9.17, 15) is 5.11 Å². The molecule has 0 bridgehead atoms. The lowest BCUT2D eigenvalue weighted by molar-refractivity contribution is -0.0897. The van der Waals surface area contributed by atoms with Gasteiger partial charge in [-0.1, -0.05) is 13.6 Å². The summed E-state index contributed by atoms with van der Waals surface area (Å²) in [5, 5.41) is 9.74. The van der Waals surface area contributed by atoms with Gasteiger partial charge in [0.2, 0.25) is 0 Å². The van der Waals surface area contributed by atoms with Gasteiger partial charge in [0.25, 0.3) is 6.92 Å². The van der Waals surface area contributed by atoms with E-state index in [0.717, 1.165) is 0 Å². The van der Waals surface area contributed by atoms with Crippen LogP contribution in [-0.4, -0.2) is 36.6 Å². The summed E-state index contributed by atoms with van der Waals surface area (Å²) in [5.74, 6) is 0. The average molecular weight is 214 g/mol. The van der Waals surface area contributed by atoms with E-state index < -0.39 is 24.6 Å². The first-order chi connectivity index (χ1) is 6.69. The third-order valence-electron chi connectivity index (χ3n) is 3.11. The van der Waals surface area contributed by atoms with Crippen LogP contribution in [0.5, 0.6) is 0 Å². The predicted molar refractivity (Wildman–Crippen MR) is 60.7 cm³/mol. The molecule has 1 heterocycles. The Balaban J connectivity index is 2.76. The van der Waals surface area contributed by atoms with Crippen molar-refractivity contribution in [3.63, 3.8) is 0 Å². The summed E-state index contributed by atoms with van der Waals surface area (Å²) in [4.78, 5) is 0. The minimum absolute atomic E-state index is 0.0298. The Labute approximate surface area is 92.6 Å². The highest BCUT2D eigenvalue weighted by atomic mass is 16.8. The van der Waals surface area contributed by atoms with Crippen molar-refractivity contribution in [3.05, 3.63) is 0 Å². The highest BCUT2D eigenvalue weighted by molar-refractivity contribution is 6.58. The fourth-order valence-electron chi connectivity index (χ4n) is 1.60. The third kappa shape index (κ3) is 2.38. The Morgan fingerprint density at radius 2 is 1.80 bits per heavy atom. The summed E-state index contributed by atoms with van der Waals surface area (Å²) < 4.78 is 16.7. The highest BCUT2D eigenvalue weighted by Crippen LogP contribution is 2.39. The Hall–Kier alpha value is -0.0301. The number of aliphatic hydroxyl groups excluding tert-OH is 1. The van der Waals surface area contributed by atoms with Crippen molar-refractivity contribution in [2.45, 2.75) is 58.6 Å². The van der Waals surface area contributed by atoms with Crippen LogP contribution in [0, 0.1) is 0 Å². The number of hydrogen-bond donors (Lipinski definition) is 1. The van der Waals surface area contributed by atoms with Crippen LogP contribution in [0.15, 0.2) is 0 Å². The molecular weight excluding hydrogens is 194 g/mol. The molecule has 86 valence electrons. The van der Waals surface area contributed by atoms with Gasteiger partial charge < -0.3 is 19.0 Å². The molecule has 2 atom stereocenters. The van der Waals surface area contributed by atoms with Gasteiger partial charge >= 0.3 is 7.32 Å².